The van der Waals surface area contributed by atoms with Crippen LogP contribution in [0.25, 0.3) is 0 Å². The molecule has 5 rings (SSSR count). The number of carbonyl (C=O) groups excluding carboxylic acids is 1. The molecular weight excluding hydrogens is 480 g/mol. The van der Waals surface area contributed by atoms with Crippen LogP contribution < -0.4 is 10.1 Å². The van der Waals surface area contributed by atoms with Crippen molar-refractivity contribution in [2.45, 2.75) is 26.8 Å². The van der Waals surface area contributed by atoms with Crippen LogP contribution in [-0.2, 0) is 13.0 Å². The number of nitriles is 2. The third-order valence-electron chi connectivity index (χ3n) is 6.15. The van der Waals surface area contributed by atoms with E-state index in [9.17, 15) is 10.1 Å². The quantitative estimate of drug-likeness (QED) is 0.421. The van der Waals surface area contributed by atoms with E-state index in [4.69, 9.17) is 15.0 Å². The largest absolute Gasteiger partial charge is 0.438 e. The van der Waals surface area contributed by atoms with Crippen LogP contribution in [0.2, 0.25) is 0 Å². The number of ether oxygens (including phenoxy) is 1. The Kier molecular flexibility index (Phi) is 6.62. The van der Waals surface area contributed by atoms with E-state index in [1.165, 1.54) is 18.6 Å². The van der Waals surface area contributed by atoms with Gasteiger partial charge < -0.3 is 15.0 Å². The molecule has 2 aromatic heterocycles. The van der Waals surface area contributed by atoms with Gasteiger partial charge in [0.1, 0.15) is 11.4 Å². The number of anilines is 2. The van der Waals surface area contributed by atoms with Crippen LogP contribution in [-0.4, -0.2) is 37.3 Å². The number of hydrogen-bond donors (Lipinski definition) is 1. The first kappa shape index (κ1) is 24.3. The smallest absolute Gasteiger partial charge is 0.274 e. The zero-order valence-electron chi connectivity index (χ0n) is 20.8. The maximum Gasteiger partial charge on any atom is 0.274 e. The minimum Gasteiger partial charge on any atom is -0.438 e. The van der Waals surface area contributed by atoms with Crippen molar-refractivity contribution in [2.75, 3.05) is 11.9 Å². The summed E-state index contributed by atoms with van der Waals surface area (Å²) in [6, 6.07) is 14.7. The topological polar surface area (TPSA) is 141 Å². The van der Waals surface area contributed by atoms with Gasteiger partial charge in [0.05, 0.1) is 47.3 Å². The first-order valence-corrected chi connectivity index (χ1v) is 11.9. The highest BCUT2D eigenvalue weighted by Crippen LogP contribution is 2.35. The number of benzene rings is 2. The number of aromatic nitrogens is 4. The first-order chi connectivity index (χ1) is 18.4. The minimum absolute atomic E-state index is 0.236. The second kappa shape index (κ2) is 10.3. The molecule has 0 saturated heterocycles. The summed E-state index contributed by atoms with van der Waals surface area (Å²) in [6.45, 7) is 4.43. The van der Waals surface area contributed by atoms with Gasteiger partial charge in [-0.25, -0.2) is 9.97 Å². The van der Waals surface area contributed by atoms with Crippen LogP contribution >= 0.6 is 0 Å². The van der Waals surface area contributed by atoms with Gasteiger partial charge in [-0.15, -0.1) is 0 Å². The lowest BCUT2D eigenvalue weighted by molar-refractivity contribution is 0.0725. The summed E-state index contributed by atoms with van der Waals surface area (Å²) in [7, 11) is 0. The van der Waals surface area contributed by atoms with Crippen molar-refractivity contribution < 1.29 is 9.53 Å². The highest BCUT2D eigenvalue weighted by Gasteiger charge is 2.28. The summed E-state index contributed by atoms with van der Waals surface area (Å²) < 4.78 is 6.38. The predicted molar refractivity (Wildman–Crippen MR) is 138 cm³/mol. The summed E-state index contributed by atoms with van der Waals surface area (Å²) in [6.07, 6.45) is 4.94. The van der Waals surface area contributed by atoms with Gasteiger partial charge in [-0.2, -0.15) is 15.5 Å². The lowest BCUT2D eigenvalue weighted by Crippen LogP contribution is -2.37. The van der Waals surface area contributed by atoms with Gasteiger partial charge in [-0.05, 0) is 61.4 Å². The average molecular weight is 503 g/mol. The number of nitrogens with one attached hydrogen (secondary N) is 1. The monoisotopic (exact) mass is 502 g/mol. The highest BCUT2D eigenvalue weighted by molar-refractivity contribution is 5.92. The van der Waals surface area contributed by atoms with Crippen molar-refractivity contribution in [1.29, 1.82) is 10.5 Å². The van der Waals surface area contributed by atoms with Gasteiger partial charge >= 0.3 is 0 Å². The molecule has 1 amide bonds. The zero-order chi connectivity index (χ0) is 26.6. The number of carbonyl (C=O) groups is 1. The Bertz CT molecular complexity index is 1580. The second-order valence-electron chi connectivity index (χ2n) is 8.81. The van der Waals surface area contributed by atoms with Crippen molar-refractivity contribution in [3.63, 3.8) is 0 Å². The molecule has 38 heavy (non-hydrogen) atoms. The van der Waals surface area contributed by atoms with E-state index in [0.717, 1.165) is 22.5 Å². The molecule has 1 aliphatic rings. The SMILES string of the molecule is Cc1cc(C#N)cc(C)c1Oc1nc(Nc2ccc(C#N)cc2)nc2c1CN(C(=O)c1cnccn1)CC2. The molecule has 0 bridgehead atoms. The van der Waals surface area contributed by atoms with Crippen LogP contribution in [0, 0.1) is 36.5 Å². The lowest BCUT2D eigenvalue weighted by atomic mass is 10.1. The number of hydrogen-bond acceptors (Lipinski definition) is 9. The number of rotatable bonds is 5. The van der Waals surface area contributed by atoms with Crippen molar-refractivity contribution >= 4 is 17.5 Å². The molecular formula is C28H22N8O2. The number of amides is 1. The summed E-state index contributed by atoms with van der Waals surface area (Å²) >= 11 is 0. The molecule has 0 atom stereocenters. The Morgan fingerprint density at radius 1 is 1.03 bits per heavy atom. The van der Waals surface area contributed by atoms with Gasteiger partial charge in [0.15, 0.2) is 0 Å². The Morgan fingerprint density at radius 2 is 1.76 bits per heavy atom. The maximum atomic E-state index is 13.1. The molecule has 0 aliphatic carbocycles. The van der Waals surface area contributed by atoms with Crippen LogP contribution in [0.5, 0.6) is 11.6 Å². The molecule has 0 spiro atoms. The van der Waals surface area contributed by atoms with E-state index >= 15 is 0 Å². The average Bonchev–Trinajstić information content (AvgIpc) is 2.95. The number of nitrogens with zero attached hydrogens (tertiary/aromatic N) is 7. The lowest BCUT2D eigenvalue weighted by Gasteiger charge is -2.29. The van der Waals surface area contributed by atoms with E-state index in [2.05, 4.69) is 32.4 Å². The summed E-state index contributed by atoms with van der Waals surface area (Å²) in [5.74, 6) is 1.01. The van der Waals surface area contributed by atoms with Crippen LogP contribution in [0.1, 0.15) is 44.0 Å². The molecule has 186 valence electrons. The van der Waals surface area contributed by atoms with Crippen LogP contribution in [0.15, 0.2) is 55.0 Å². The fourth-order valence-electron chi connectivity index (χ4n) is 4.30. The van der Waals surface area contributed by atoms with E-state index in [-0.39, 0.29) is 18.1 Å². The molecule has 1 N–H and O–H groups in total. The predicted octanol–water partition coefficient (Wildman–Crippen LogP) is 4.36. The van der Waals surface area contributed by atoms with E-state index < -0.39 is 0 Å². The zero-order valence-corrected chi connectivity index (χ0v) is 20.8. The normalized spacial score (nSPS) is 12.2. The van der Waals surface area contributed by atoms with Crippen LogP contribution in [0.3, 0.4) is 0 Å². The summed E-state index contributed by atoms with van der Waals surface area (Å²) in [4.78, 5) is 32.3. The molecule has 10 nitrogen and oxygen atoms in total. The van der Waals surface area contributed by atoms with Gasteiger partial charge in [0.2, 0.25) is 11.8 Å². The van der Waals surface area contributed by atoms with Gasteiger partial charge in [-0.3, -0.25) is 9.78 Å². The second-order valence-corrected chi connectivity index (χ2v) is 8.81. The Hall–Kier alpha value is -5.35. The Balaban J connectivity index is 1.53. The highest BCUT2D eigenvalue weighted by atomic mass is 16.5. The van der Waals surface area contributed by atoms with Gasteiger partial charge in [0, 0.05) is 31.0 Å². The maximum absolute atomic E-state index is 13.1. The molecule has 4 aromatic rings. The van der Waals surface area contributed by atoms with Gasteiger partial charge in [0.25, 0.3) is 5.91 Å². The number of fused-ring (bicyclic) bond motifs is 1. The Labute approximate surface area is 219 Å². The third-order valence-corrected chi connectivity index (χ3v) is 6.15. The van der Waals surface area contributed by atoms with Crippen molar-refractivity contribution in [3.05, 3.63) is 94.2 Å². The molecule has 0 unspecified atom stereocenters. The van der Waals surface area contributed by atoms with E-state index in [1.807, 2.05) is 13.8 Å². The summed E-state index contributed by atoms with van der Waals surface area (Å²) in [5, 5.41) is 21.6. The molecule has 1 aliphatic heterocycles. The van der Waals surface area contributed by atoms with Crippen molar-refractivity contribution in [3.8, 4) is 23.8 Å². The van der Waals surface area contributed by atoms with Crippen LogP contribution in [0.4, 0.5) is 11.6 Å². The Morgan fingerprint density at radius 3 is 2.42 bits per heavy atom. The van der Waals surface area contributed by atoms with E-state index in [0.29, 0.717) is 47.2 Å². The van der Waals surface area contributed by atoms with E-state index in [1.54, 1.807) is 41.3 Å². The number of aryl methyl sites for hydroxylation is 2. The fraction of sp³-hybridized carbons (Fsp3) is 0.179. The standard InChI is InChI=1S/C28H22N8O2/c1-17-11-20(14-30)12-18(2)25(17)38-26-22-16-36(27(37)24-15-31-8-9-32-24)10-7-23(22)34-28(35-26)33-21-5-3-19(13-29)4-6-21/h3-6,8-9,11-12,15H,7,10,16H2,1-2H3,(H,33,34,35). The molecule has 0 radical (unpaired) electrons. The van der Waals surface area contributed by atoms with Crippen molar-refractivity contribution in [1.82, 2.24) is 24.8 Å². The minimum atomic E-state index is -0.236. The fourth-order valence-corrected chi connectivity index (χ4v) is 4.30. The third kappa shape index (κ3) is 4.97. The van der Waals surface area contributed by atoms with Crippen molar-refractivity contribution in [2.24, 2.45) is 0 Å². The molecule has 2 aromatic carbocycles. The summed E-state index contributed by atoms with van der Waals surface area (Å²) in [5.41, 5.74) is 5.11. The molecule has 0 saturated carbocycles. The molecule has 0 fully saturated rings. The molecule has 10 heteroatoms. The van der Waals surface area contributed by atoms with Gasteiger partial charge in [-0.1, -0.05) is 0 Å². The first-order valence-electron chi connectivity index (χ1n) is 11.9. The molecule has 3 heterocycles.